The van der Waals surface area contributed by atoms with Crippen LogP contribution in [0.15, 0.2) is 7.57 Å². The van der Waals surface area contributed by atoms with Gasteiger partial charge in [-0.1, -0.05) is 78.1 Å². The number of hydrogen-bond acceptors (Lipinski definition) is 3. The van der Waals surface area contributed by atoms with Crippen LogP contribution < -0.4 is 0 Å². The molecule has 0 radical (unpaired) electrons. The molecule has 6 heteroatoms. The van der Waals surface area contributed by atoms with Crippen LogP contribution in [0.1, 0.15) is 113 Å². The van der Waals surface area contributed by atoms with Crippen molar-refractivity contribution in [3.63, 3.8) is 0 Å². The van der Waals surface area contributed by atoms with Gasteiger partial charge in [0.05, 0.1) is 13.1 Å². The summed E-state index contributed by atoms with van der Waals surface area (Å²) in [7, 11) is 0. The van der Waals surface area contributed by atoms with E-state index in [2.05, 4.69) is 45.7 Å². The van der Waals surface area contributed by atoms with E-state index in [1.54, 1.807) is 4.90 Å². The first-order valence-corrected chi connectivity index (χ1v) is 13.4. The van der Waals surface area contributed by atoms with Crippen molar-refractivity contribution in [1.82, 2.24) is 4.90 Å². The van der Waals surface area contributed by atoms with Crippen molar-refractivity contribution >= 4 is 49.1 Å². The van der Waals surface area contributed by atoms with Gasteiger partial charge in [0.15, 0.2) is 6.23 Å². The number of rotatable bonds is 14. The first-order chi connectivity index (χ1) is 13.5. The zero-order chi connectivity index (χ0) is 20.5. The van der Waals surface area contributed by atoms with Gasteiger partial charge in [0.25, 0.3) is 5.91 Å². The van der Waals surface area contributed by atoms with Gasteiger partial charge in [0.2, 0.25) is 0 Å². The molecule has 1 aromatic rings. The molecule has 0 bridgehead atoms. The van der Waals surface area contributed by atoms with Crippen molar-refractivity contribution in [1.29, 1.82) is 0 Å². The van der Waals surface area contributed by atoms with E-state index < -0.39 is 6.23 Å². The molecule has 28 heavy (non-hydrogen) atoms. The van der Waals surface area contributed by atoms with Crippen molar-refractivity contribution in [2.45, 2.75) is 97.1 Å². The second-order valence-electron chi connectivity index (χ2n) is 8.04. The number of carbonyl (C=O) groups excluding carboxylic acids is 1. The molecule has 1 N–H and O–H groups in total. The summed E-state index contributed by atoms with van der Waals surface area (Å²) >= 11 is 8.47. The normalized spacial score (nSPS) is 17.4. The molecule has 2 atom stereocenters. The number of unbranched alkanes of at least 4 members (excludes halogenated alkanes) is 8. The molecule has 0 saturated carbocycles. The Kier molecular flexibility index (Phi) is 11.1. The summed E-state index contributed by atoms with van der Waals surface area (Å²) in [4.78, 5) is 14.6. The second-order valence-corrected chi connectivity index (χ2v) is 11.7. The Labute approximate surface area is 191 Å². The lowest BCUT2D eigenvalue weighted by molar-refractivity contribution is 0.00891. The maximum Gasteiger partial charge on any atom is 0.258 e. The number of nitrogens with zero attached hydrogens (tertiary/aromatic N) is 1. The minimum absolute atomic E-state index is 0.0298. The first kappa shape index (κ1) is 24.4. The van der Waals surface area contributed by atoms with E-state index in [9.17, 15) is 9.90 Å². The fraction of sp³-hybridized carbons (Fsp3) is 0.773. The molecule has 3 nitrogen and oxygen atoms in total. The second kappa shape index (κ2) is 12.7. The number of aliphatic hydroxyl groups is 1. The molecule has 2 rings (SSSR count). The van der Waals surface area contributed by atoms with E-state index in [1.165, 1.54) is 75.5 Å². The van der Waals surface area contributed by atoms with Crippen molar-refractivity contribution in [2.75, 3.05) is 6.54 Å². The number of halogens is 2. The van der Waals surface area contributed by atoms with Crippen LogP contribution in [0.25, 0.3) is 0 Å². The SMILES string of the molecule is CCCCCCCCC(CCCCCC)CN1C(=O)c2c(Br)sc(Br)c2C1O. The molecule has 0 fully saturated rings. The van der Waals surface area contributed by atoms with Gasteiger partial charge in [-0.25, -0.2) is 0 Å². The lowest BCUT2D eigenvalue weighted by Gasteiger charge is -2.27. The highest BCUT2D eigenvalue weighted by atomic mass is 79.9. The zero-order valence-corrected chi connectivity index (χ0v) is 21.3. The van der Waals surface area contributed by atoms with Crippen LogP contribution in [-0.2, 0) is 0 Å². The molecule has 1 amide bonds. The van der Waals surface area contributed by atoms with E-state index in [4.69, 9.17) is 0 Å². The molecule has 2 heterocycles. The van der Waals surface area contributed by atoms with E-state index in [1.807, 2.05) is 0 Å². The number of amides is 1. The highest BCUT2D eigenvalue weighted by Crippen LogP contribution is 2.46. The summed E-state index contributed by atoms with van der Waals surface area (Å²) in [5.41, 5.74) is 1.39. The lowest BCUT2D eigenvalue weighted by Crippen LogP contribution is -2.33. The summed E-state index contributed by atoms with van der Waals surface area (Å²) < 4.78 is 1.67. The molecular weight excluding hydrogens is 502 g/mol. The Morgan fingerprint density at radius 2 is 1.46 bits per heavy atom. The number of hydrogen-bond donors (Lipinski definition) is 1. The Morgan fingerprint density at radius 1 is 0.929 bits per heavy atom. The van der Waals surface area contributed by atoms with Crippen molar-refractivity contribution in [2.24, 2.45) is 5.92 Å². The van der Waals surface area contributed by atoms with Gasteiger partial charge >= 0.3 is 0 Å². The summed E-state index contributed by atoms with van der Waals surface area (Å²) in [6.07, 6.45) is 14.3. The number of thiophene rings is 1. The maximum atomic E-state index is 12.9. The molecule has 160 valence electrons. The third-order valence-electron chi connectivity index (χ3n) is 5.77. The van der Waals surface area contributed by atoms with Crippen LogP contribution in [0, 0.1) is 5.92 Å². The summed E-state index contributed by atoms with van der Waals surface area (Å²) in [5.74, 6) is 0.449. The van der Waals surface area contributed by atoms with Crippen LogP contribution in [0.5, 0.6) is 0 Å². The fourth-order valence-corrected chi connectivity index (χ4v) is 7.27. The minimum atomic E-state index is -0.817. The molecule has 0 aromatic carbocycles. The maximum absolute atomic E-state index is 12.9. The smallest absolute Gasteiger partial charge is 0.258 e. The first-order valence-electron chi connectivity index (χ1n) is 11.0. The molecule has 0 spiro atoms. The zero-order valence-electron chi connectivity index (χ0n) is 17.3. The van der Waals surface area contributed by atoms with E-state index >= 15 is 0 Å². The Morgan fingerprint density at radius 3 is 2.04 bits per heavy atom. The van der Waals surface area contributed by atoms with Crippen LogP contribution in [0.3, 0.4) is 0 Å². The van der Waals surface area contributed by atoms with Gasteiger partial charge in [-0.05, 0) is 50.6 Å². The van der Waals surface area contributed by atoms with Gasteiger partial charge in [-0.3, -0.25) is 4.79 Å². The number of fused-ring (bicyclic) bond motifs is 1. The van der Waals surface area contributed by atoms with Crippen molar-refractivity contribution in [3.05, 3.63) is 18.7 Å². The van der Waals surface area contributed by atoms with Crippen LogP contribution in [0.4, 0.5) is 0 Å². The monoisotopic (exact) mass is 535 g/mol. The topological polar surface area (TPSA) is 40.5 Å². The molecular formula is C22H35Br2NO2S. The predicted molar refractivity (Wildman–Crippen MR) is 126 cm³/mol. The van der Waals surface area contributed by atoms with Crippen LogP contribution in [0.2, 0.25) is 0 Å². The Bertz CT molecular complexity index is 620. The summed E-state index contributed by atoms with van der Waals surface area (Å²) in [6.45, 7) is 5.15. The molecule has 2 unspecified atom stereocenters. The van der Waals surface area contributed by atoms with E-state index in [0.717, 1.165) is 26.0 Å². The molecule has 0 saturated heterocycles. The fourth-order valence-electron chi connectivity index (χ4n) is 4.09. The van der Waals surface area contributed by atoms with Crippen LogP contribution in [-0.4, -0.2) is 22.5 Å². The molecule has 1 aliphatic rings. The minimum Gasteiger partial charge on any atom is -0.369 e. The standard InChI is InChI=1S/C22H35Br2NO2S/c1-3-5-7-9-10-12-14-16(13-11-8-6-4-2)15-25-21(26)17-18(22(25)27)20(24)28-19(17)23/h16,21,26H,3-15H2,1-2H3. The molecule has 1 aromatic heterocycles. The van der Waals surface area contributed by atoms with Gasteiger partial charge in [0.1, 0.15) is 0 Å². The van der Waals surface area contributed by atoms with Gasteiger partial charge in [-0.15, -0.1) is 11.3 Å². The lowest BCUT2D eigenvalue weighted by atomic mass is 9.93. The van der Waals surface area contributed by atoms with E-state index in [0.29, 0.717) is 18.0 Å². The van der Waals surface area contributed by atoms with Gasteiger partial charge < -0.3 is 10.0 Å². The van der Waals surface area contributed by atoms with Gasteiger partial charge in [0, 0.05) is 12.1 Å². The third kappa shape index (κ3) is 6.55. The van der Waals surface area contributed by atoms with Crippen molar-refractivity contribution < 1.29 is 9.90 Å². The summed E-state index contributed by atoms with van der Waals surface area (Å²) in [5, 5.41) is 10.8. The van der Waals surface area contributed by atoms with Gasteiger partial charge in [-0.2, -0.15) is 0 Å². The largest absolute Gasteiger partial charge is 0.369 e. The average Bonchev–Trinajstić information content (AvgIpc) is 3.10. The van der Waals surface area contributed by atoms with Crippen molar-refractivity contribution in [3.8, 4) is 0 Å². The molecule has 1 aliphatic heterocycles. The van der Waals surface area contributed by atoms with Crippen LogP contribution >= 0.6 is 43.2 Å². The highest BCUT2D eigenvalue weighted by Gasteiger charge is 2.41. The number of carbonyl (C=O) groups is 1. The summed E-state index contributed by atoms with van der Waals surface area (Å²) in [6, 6.07) is 0. The predicted octanol–water partition coefficient (Wildman–Crippen LogP) is 8.06. The number of aliphatic hydroxyl groups excluding tert-OH is 1. The third-order valence-corrected chi connectivity index (χ3v) is 8.35. The Balaban J connectivity index is 1.92. The average molecular weight is 537 g/mol. The quantitative estimate of drug-likeness (QED) is 0.244. The Hall–Kier alpha value is 0.0900. The molecule has 0 aliphatic carbocycles. The highest BCUT2D eigenvalue weighted by molar-refractivity contribution is 9.12. The van der Waals surface area contributed by atoms with E-state index in [-0.39, 0.29) is 5.91 Å².